The number of hydrogen-bond donors (Lipinski definition) is 0. The lowest BCUT2D eigenvalue weighted by Gasteiger charge is -1.94. The summed E-state index contributed by atoms with van der Waals surface area (Å²) < 4.78 is 4.89. The Morgan fingerprint density at radius 1 is 0.923 bits per heavy atom. The first kappa shape index (κ1) is 6.66. The smallest absolute Gasteiger partial charge is 0.131 e. The van der Waals surface area contributed by atoms with E-state index in [4.69, 9.17) is 4.52 Å². The number of nitrogens with zero attached hydrogens (tertiary/aromatic N) is 1. The van der Waals surface area contributed by atoms with Crippen molar-refractivity contribution in [2.45, 2.75) is 0 Å². The fourth-order valence-corrected chi connectivity index (χ4v) is 1.56. The molecule has 2 heteroatoms. The number of rotatable bonds is 0. The van der Waals surface area contributed by atoms with E-state index in [1.165, 1.54) is 10.8 Å². The van der Waals surface area contributed by atoms with E-state index >= 15 is 0 Å². The van der Waals surface area contributed by atoms with Crippen LogP contribution in [0.3, 0.4) is 0 Å². The third kappa shape index (κ3) is 0.920. The third-order valence-electron chi connectivity index (χ3n) is 2.23. The molecule has 3 aromatic rings. The highest BCUT2D eigenvalue weighted by Gasteiger charge is 1.99. The van der Waals surface area contributed by atoms with Crippen LogP contribution in [-0.2, 0) is 0 Å². The summed E-state index contributed by atoms with van der Waals surface area (Å²) in [6.45, 7) is 0. The van der Waals surface area contributed by atoms with Gasteiger partial charge in [0.2, 0.25) is 0 Å². The molecule has 0 atom stereocenters. The monoisotopic (exact) mass is 169 g/mol. The van der Waals surface area contributed by atoms with E-state index in [0.29, 0.717) is 0 Å². The average molecular weight is 169 g/mol. The molecule has 0 aliphatic rings. The molecule has 0 saturated carbocycles. The molecule has 0 fully saturated rings. The Labute approximate surface area is 74.8 Å². The van der Waals surface area contributed by atoms with Gasteiger partial charge in [-0.05, 0) is 22.9 Å². The molecule has 0 bridgehead atoms. The largest absolute Gasteiger partial charge is 0.364 e. The van der Waals surface area contributed by atoms with Crippen LogP contribution in [0.5, 0.6) is 0 Å². The van der Waals surface area contributed by atoms with E-state index in [0.717, 1.165) is 10.9 Å². The van der Waals surface area contributed by atoms with Crippen molar-refractivity contribution in [3.8, 4) is 0 Å². The van der Waals surface area contributed by atoms with Crippen molar-refractivity contribution in [2.24, 2.45) is 0 Å². The van der Waals surface area contributed by atoms with Crippen molar-refractivity contribution in [2.75, 3.05) is 0 Å². The van der Waals surface area contributed by atoms with Crippen LogP contribution < -0.4 is 0 Å². The van der Waals surface area contributed by atoms with Crippen LogP contribution in [0.4, 0.5) is 0 Å². The van der Waals surface area contributed by atoms with E-state index in [2.05, 4.69) is 23.4 Å². The van der Waals surface area contributed by atoms with Gasteiger partial charge in [-0.25, -0.2) is 0 Å². The van der Waals surface area contributed by atoms with Gasteiger partial charge in [-0.3, -0.25) is 0 Å². The molecule has 1 aromatic heterocycles. The van der Waals surface area contributed by atoms with Crippen molar-refractivity contribution in [1.29, 1.82) is 0 Å². The standard InChI is InChI=1S/C11H7NO/c1-2-4-9-6-11-10(7-13-12-11)5-8(9)3-1/h1-7H. The second-order valence-corrected chi connectivity index (χ2v) is 3.07. The maximum absolute atomic E-state index is 4.89. The van der Waals surface area contributed by atoms with E-state index < -0.39 is 0 Å². The molecule has 0 amide bonds. The van der Waals surface area contributed by atoms with Crippen molar-refractivity contribution >= 4 is 21.7 Å². The van der Waals surface area contributed by atoms with Gasteiger partial charge < -0.3 is 4.52 Å². The highest BCUT2D eigenvalue weighted by Crippen LogP contribution is 2.21. The van der Waals surface area contributed by atoms with Gasteiger partial charge in [0.25, 0.3) is 0 Å². The molecule has 0 unspecified atom stereocenters. The van der Waals surface area contributed by atoms with Gasteiger partial charge in [0.15, 0.2) is 0 Å². The van der Waals surface area contributed by atoms with Gasteiger partial charge >= 0.3 is 0 Å². The minimum Gasteiger partial charge on any atom is -0.364 e. The summed E-state index contributed by atoms with van der Waals surface area (Å²) in [5.41, 5.74) is 0.915. The van der Waals surface area contributed by atoms with Crippen LogP contribution >= 0.6 is 0 Å². The van der Waals surface area contributed by atoms with Crippen molar-refractivity contribution in [3.63, 3.8) is 0 Å². The lowest BCUT2D eigenvalue weighted by atomic mass is 10.1. The molecule has 3 rings (SSSR count). The topological polar surface area (TPSA) is 26.0 Å². The van der Waals surface area contributed by atoms with Gasteiger partial charge in [0, 0.05) is 5.39 Å². The molecular weight excluding hydrogens is 162 g/mol. The van der Waals surface area contributed by atoms with Crippen LogP contribution in [0.1, 0.15) is 0 Å². The fraction of sp³-hybridized carbons (Fsp3) is 0. The van der Waals surface area contributed by atoms with E-state index in [1.807, 2.05) is 18.2 Å². The van der Waals surface area contributed by atoms with Gasteiger partial charge in [-0.1, -0.05) is 29.4 Å². The molecule has 13 heavy (non-hydrogen) atoms. The Kier molecular flexibility index (Phi) is 1.19. The minimum absolute atomic E-state index is 0.915. The lowest BCUT2D eigenvalue weighted by Crippen LogP contribution is -1.72. The Balaban J connectivity index is 2.57. The maximum atomic E-state index is 4.89. The van der Waals surface area contributed by atoms with E-state index in [9.17, 15) is 0 Å². The molecule has 0 radical (unpaired) electrons. The zero-order valence-electron chi connectivity index (χ0n) is 6.90. The molecule has 0 aliphatic heterocycles. The summed E-state index contributed by atoms with van der Waals surface area (Å²) in [4.78, 5) is 0. The predicted octanol–water partition coefficient (Wildman–Crippen LogP) is 2.98. The first-order chi connectivity index (χ1) is 6.43. The van der Waals surface area contributed by atoms with E-state index in [1.54, 1.807) is 6.26 Å². The zero-order chi connectivity index (χ0) is 8.67. The van der Waals surface area contributed by atoms with E-state index in [-0.39, 0.29) is 0 Å². The molecule has 0 saturated heterocycles. The second kappa shape index (κ2) is 2.33. The highest BCUT2D eigenvalue weighted by molar-refractivity contribution is 5.95. The minimum atomic E-state index is 0.915. The molecule has 0 aliphatic carbocycles. The lowest BCUT2D eigenvalue weighted by molar-refractivity contribution is 0.428. The molecule has 62 valence electrons. The normalized spacial score (nSPS) is 11.1. The van der Waals surface area contributed by atoms with Gasteiger partial charge in [-0.15, -0.1) is 0 Å². The molecule has 1 heterocycles. The summed E-state index contributed by atoms with van der Waals surface area (Å²) in [5, 5.41) is 7.37. The zero-order valence-corrected chi connectivity index (χ0v) is 6.90. The summed E-state index contributed by atoms with van der Waals surface area (Å²) in [5.74, 6) is 0. The Morgan fingerprint density at radius 3 is 2.54 bits per heavy atom. The molecular formula is C11H7NO. The molecule has 0 spiro atoms. The fourth-order valence-electron chi connectivity index (χ4n) is 1.56. The van der Waals surface area contributed by atoms with Crippen LogP contribution in [0.15, 0.2) is 47.2 Å². The van der Waals surface area contributed by atoms with Gasteiger partial charge in [0.05, 0.1) is 0 Å². The number of fused-ring (bicyclic) bond motifs is 2. The predicted molar refractivity (Wildman–Crippen MR) is 51.5 cm³/mol. The van der Waals surface area contributed by atoms with Crippen LogP contribution in [0.25, 0.3) is 21.7 Å². The first-order valence-corrected chi connectivity index (χ1v) is 4.16. The van der Waals surface area contributed by atoms with Crippen molar-refractivity contribution in [1.82, 2.24) is 5.16 Å². The van der Waals surface area contributed by atoms with Crippen molar-refractivity contribution in [3.05, 3.63) is 42.7 Å². The Hall–Kier alpha value is -1.83. The molecule has 2 nitrogen and oxygen atoms in total. The molecule has 2 aromatic carbocycles. The SMILES string of the molecule is c1ccc2cc3nocc3cc2c1. The second-order valence-electron chi connectivity index (χ2n) is 3.07. The summed E-state index contributed by atoms with van der Waals surface area (Å²) in [7, 11) is 0. The van der Waals surface area contributed by atoms with Crippen LogP contribution in [0, 0.1) is 0 Å². The summed E-state index contributed by atoms with van der Waals surface area (Å²) in [6, 6.07) is 12.3. The summed E-state index contributed by atoms with van der Waals surface area (Å²) >= 11 is 0. The average Bonchev–Trinajstić information content (AvgIpc) is 2.61. The van der Waals surface area contributed by atoms with Gasteiger partial charge in [0.1, 0.15) is 11.8 Å². The van der Waals surface area contributed by atoms with Crippen LogP contribution in [-0.4, -0.2) is 5.16 Å². The first-order valence-electron chi connectivity index (χ1n) is 4.16. The van der Waals surface area contributed by atoms with Crippen molar-refractivity contribution < 1.29 is 4.52 Å². The molecule has 0 N–H and O–H groups in total. The van der Waals surface area contributed by atoms with Gasteiger partial charge in [-0.2, -0.15) is 0 Å². The maximum Gasteiger partial charge on any atom is 0.131 e. The third-order valence-corrected chi connectivity index (χ3v) is 2.23. The highest BCUT2D eigenvalue weighted by atomic mass is 16.5. The number of aromatic nitrogens is 1. The number of benzene rings is 2. The quantitative estimate of drug-likeness (QED) is 0.517. The Morgan fingerprint density at radius 2 is 1.69 bits per heavy atom. The van der Waals surface area contributed by atoms with Crippen LogP contribution in [0.2, 0.25) is 0 Å². The Bertz CT molecular complexity index is 519. The summed E-state index contributed by atoms with van der Waals surface area (Å²) in [6.07, 6.45) is 1.67. The number of hydrogen-bond acceptors (Lipinski definition) is 2.